The van der Waals surface area contributed by atoms with Gasteiger partial charge in [0.05, 0.1) is 22.1 Å². The molecule has 0 aliphatic carbocycles. The summed E-state index contributed by atoms with van der Waals surface area (Å²) in [6.45, 7) is 3.95. The van der Waals surface area contributed by atoms with Crippen molar-refractivity contribution in [2.45, 2.75) is 18.7 Å². The molecular formula is C12H15BrN2O2S. The molecule has 4 nitrogen and oxygen atoms in total. The van der Waals surface area contributed by atoms with Gasteiger partial charge in [0.2, 0.25) is 0 Å². The molecule has 0 aliphatic rings. The third kappa shape index (κ3) is 3.72. The predicted octanol–water partition coefficient (Wildman–Crippen LogP) is 2.81. The van der Waals surface area contributed by atoms with Crippen molar-refractivity contribution in [3.8, 4) is 6.07 Å². The van der Waals surface area contributed by atoms with E-state index in [1.807, 2.05) is 0 Å². The largest absolute Gasteiger partial charge is 0.381 e. The van der Waals surface area contributed by atoms with Crippen LogP contribution in [0.15, 0.2) is 27.6 Å². The second-order valence-corrected chi connectivity index (χ2v) is 7.57. The maximum atomic E-state index is 11.7. The van der Waals surface area contributed by atoms with Crippen molar-refractivity contribution in [2.24, 2.45) is 5.41 Å². The first-order valence-electron chi connectivity index (χ1n) is 5.31. The Morgan fingerprint density at radius 1 is 1.44 bits per heavy atom. The summed E-state index contributed by atoms with van der Waals surface area (Å²) in [6, 6.07) is 7.13. The molecule has 0 unspecified atom stereocenters. The predicted molar refractivity (Wildman–Crippen MR) is 75.1 cm³/mol. The van der Waals surface area contributed by atoms with Crippen LogP contribution in [-0.2, 0) is 9.84 Å². The Hall–Kier alpha value is -1.06. The molecule has 1 aromatic carbocycles. The molecule has 0 spiro atoms. The average Bonchev–Trinajstić information content (AvgIpc) is 2.26. The zero-order valence-corrected chi connectivity index (χ0v) is 12.9. The zero-order valence-electron chi connectivity index (χ0n) is 10.5. The van der Waals surface area contributed by atoms with Crippen LogP contribution in [0, 0.1) is 16.7 Å². The molecule has 98 valence electrons. The lowest BCUT2D eigenvalue weighted by Gasteiger charge is -2.19. The number of anilines is 1. The monoisotopic (exact) mass is 330 g/mol. The van der Waals surface area contributed by atoms with Gasteiger partial charge in [0.15, 0.2) is 9.84 Å². The summed E-state index contributed by atoms with van der Waals surface area (Å²) in [6.07, 6.45) is 1.16. The minimum atomic E-state index is -3.31. The van der Waals surface area contributed by atoms with Gasteiger partial charge in [-0.25, -0.2) is 8.42 Å². The van der Waals surface area contributed by atoms with Gasteiger partial charge in [-0.3, -0.25) is 0 Å². The first-order valence-corrected chi connectivity index (χ1v) is 7.99. The lowest BCUT2D eigenvalue weighted by Crippen LogP contribution is -2.22. The molecule has 0 atom stereocenters. The van der Waals surface area contributed by atoms with Gasteiger partial charge < -0.3 is 5.32 Å². The fourth-order valence-electron chi connectivity index (χ4n) is 1.33. The smallest absolute Gasteiger partial charge is 0.177 e. The number of hydrogen-bond donors (Lipinski definition) is 1. The van der Waals surface area contributed by atoms with Gasteiger partial charge in [0.1, 0.15) is 0 Å². The van der Waals surface area contributed by atoms with Crippen LogP contribution in [0.25, 0.3) is 0 Å². The number of benzene rings is 1. The summed E-state index contributed by atoms with van der Waals surface area (Å²) < 4.78 is 24.0. The van der Waals surface area contributed by atoms with Crippen molar-refractivity contribution in [3.63, 3.8) is 0 Å². The second kappa shape index (κ2) is 5.29. The van der Waals surface area contributed by atoms with Gasteiger partial charge in [-0.1, -0.05) is 6.07 Å². The number of sulfone groups is 1. The Labute approximate surface area is 116 Å². The number of para-hydroxylation sites is 1. The summed E-state index contributed by atoms with van der Waals surface area (Å²) in [4.78, 5) is 0.227. The van der Waals surface area contributed by atoms with E-state index in [0.717, 1.165) is 6.26 Å². The molecule has 0 bridgehead atoms. The Morgan fingerprint density at radius 2 is 2.06 bits per heavy atom. The van der Waals surface area contributed by atoms with E-state index >= 15 is 0 Å². The molecule has 0 aliphatic heterocycles. The molecule has 1 aromatic rings. The van der Waals surface area contributed by atoms with Gasteiger partial charge in [-0.2, -0.15) is 5.26 Å². The van der Waals surface area contributed by atoms with Gasteiger partial charge >= 0.3 is 0 Å². The highest BCUT2D eigenvalue weighted by Gasteiger charge is 2.20. The molecular weight excluding hydrogens is 316 g/mol. The van der Waals surface area contributed by atoms with Crippen molar-refractivity contribution in [1.82, 2.24) is 0 Å². The van der Waals surface area contributed by atoms with E-state index in [1.165, 1.54) is 0 Å². The number of nitrogens with one attached hydrogen (secondary N) is 1. The van der Waals surface area contributed by atoms with Gasteiger partial charge in [-0.05, 0) is 41.9 Å². The SMILES string of the molecule is CC(C)(C#N)CNc1c(Br)cccc1S(C)(=O)=O. The fraction of sp³-hybridized carbons (Fsp3) is 0.417. The lowest BCUT2D eigenvalue weighted by molar-refractivity contribution is 0.528. The number of nitrogens with zero attached hydrogens (tertiary/aromatic N) is 1. The summed E-state index contributed by atoms with van der Waals surface area (Å²) in [7, 11) is -3.31. The Balaban J connectivity index is 3.14. The normalized spacial score (nSPS) is 11.9. The van der Waals surface area contributed by atoms with Crippen LogP contribution >= 0.6 is 15.9 Å². The molecule has 1 rings (SSSR count). The van der Waals surface area contributed by atoms with E-state index in [2.05, 4.69) is 27.3 Å². The molecule has 1 N–H and O–H groups in total. The van der Waals surface area contributed by atoms with Crippen LogP contribution in [0.4, 0.5) is 5.69 Å². The molecule has 0 heterocycles. The van der Waals surface area contributed by atoms with E-state index < -0.39 is 15.3 Å². The molecule has 0 amide bonds. The van der Waals surface area contributed by atoms with Crippen LogP contribution in [0.5, 0.6) is 0 Å². The highest BCUT2D eigenvalue weighted by Crippen LogP contribution is 2.30. The number of rotatable bonds is 4. The second-order valence-electron chi connectivity index (χ2n) is 4.73. The molecule has 0 radical (unpaired) electrons. The lowest BCUT2D eigenvalue weighted by atomic mass is 9.96. The maximum absolute atomic E-state index is 11.7. The first-order chi connectivity index (χ1) is 8.17. The minimum Gasteiger partial charge on any atom is -0.381 e. The minimum absolute atomic E-state index is 0.227. The van der Waals surface area contributed by atoms with E-state index in [4.69, 9.17) is 5.26 Å². The zero-order chi connectivity index (χ0) is 14.0. The standard InChI is InChI=1S/C12H15BrN2O2S/c1-12(2,7-14)8-15-11-9(13)5-4-6-10(11)18(3,16)17/h4-6,15H,8H2,1-3H3. The number of hydrogen-bond acceptors (Lipinski definition) is 4. The van der Waals surface area contributed by atoms with Crippen molar-refractivity contribution < 1.29 is 8.42 Å². The molecule has 0 fully saturated rings. The van der Waals surface area contributed by atoms with E-state index in [0.29, 0.717) is 16.7 Å². The van der Waals surface area contributed by atoms with Crippen LogP contribution in [0.3, 0.4) is 0 Å². The van der Waals surface area contributed by atoms with Crippen molar-refractivity contribution in [3.05, 3.63) is 22.7 Å². The summed E-state index contributed by atoms with van der Waals surface area (Å²) in [5, 5.41) is 12.0. The first kappa shape index (κ1) is 15.0. The molecule has 0 saturated heterocycles. The Morgan fingerprint density at radius 3 is 2.56 bits per heavy atom. The molecule has 6 heteroatoms. The fourth-order valence-corrected chi connectivity index (χ4v) is 2.85. The highest BCUT2D eigenvalue weighted by atomic mass is 79.9. The number of nitriles is 1. The van der Waals surface area contributed by atoms with E-state index in [-0.39, 0.29) is 4.90 Å². The van der Waals surface area contributed by atoms with Crippen LogP contribution in [0.1, 0.15) is 13.8 Å². The molecule has 0 saturated carbocycles. The summed E-state index contributed by atoms with van der Waals surface area (Å²) >= 11 is 3.32. The quantitative estimate of drug-likeness (QED) is 0.921. The third-order valence-corrected chi connectivity index (χ3v) is 4.18. The topological polar surface area (TPSA) is 70.0 Å². The number of halogens is 1. The summed E-state index contributed by atoms with van der Waals surface area (Å²) in [5.41, 5.74) is -0.0623. The Kier molecular flexibility index (Phi) is 4.41. The average molecular weight is 331 g/mol. The van der Waals surface area contributed by atoms with Crippen LogP contribution in [0.2, 0.25) is 0 Å². The highest BCUT2D eigenvalue weighted by molar-refractivity contribution is 9.10. The summed E-state index contributed by atoms with van der Waals surface area (Å²) in [5.74, 6) is 0. The van der Waals surface area contributed by atoms with E-state index in [1.54, 1.807) is 32.0 Å². The van der Waals surface area contributed by atoms with Crippen molar-refractivity contribution in [1.29, 1.82) is 5.26 Å². The molecule has 0 aromatic heterocycles. The van der Waals surface area contributed by atoms with Gasteiger partial charge in [-0.15, -0.1) is 0 Å². The Bertz CT molecular complexity index is 589. The van der Waals surface area contributed by atoms with E-state index in [9.17, 15) is 8.42 Å². The van der Waals surface area contributed by atoms with Crippen molar-refractivity contribution in [2.75, 3.05) is 18.1 Å². The van der Waals surface area contributed by atoms with Crippen LogP contribution in [-0.4, -0.2) is 21.2 Å². The maximum Gasteiger partial charge on any atom is 0.177 e. The van der Waals surface area contributed by atoms with Gasteiger partial charge in [0.25, 0.3) is 0 Å². The van der Waals surface area contributed by atoms with Gasteiger partial charge in [0, 0.05) is 17.3 Å². The molecule has 18 heavy (non-hydrogen) atoms. The van der Waals surface area contributed by atoms with Crippen LogP contribution < -0.4 is 5.32 Å². The third-order valence-electron chi connectivity index (χ3n) is 2.38. The van der Waals surface area contributed by atoms with Crippen molar-refractivity contribution >= 4 is 31.5 Å².